The fourth-order valence-corrected chi connectivity index (χ4v) is 6.61. The summed E-state index contributed by atoms with van der Waals surface area (Å²) in [6.45, 7) is 15.9. The van der Waals surface area contributed by atoms with E-state index in [-0.39, 0.29) is 5.04 Å². The number of hydrogen-bond donors (Lipinski definition) is 1. The first-order valence-corrected chi connectivity index (χ1v) is 17.2. The van der Waals surface area contributed by atoms with Crippen molar-refractivity contribution in [2.45, 2.75) is 130 Å². The molecule has 0 saturated carbocycles. The Morgan fingerprint density at radius 1 is 0.889 bits per heavy atom. The van der Waals surface area contributed by atoms with Crippen LogP contribution in [-0.4, -0.2) is 14.2 Å². The first-order valence-electron chi connectivity index (χ1n) is 14.2. The van der Waals surface area contributed by atoms with Crippen molar-refractivity contribution in [3.8, 4) is 5.75 Å². The van der Waals surface area contributed by atoms with E-state index < -0.39 is 14.2 Å². The molecule has 5 heteroatoms. The number of amides is 1. The molecule has 0 aliphatic rings. The zero-order valence-electron chi connectivity index (χ0n) is 24.1. The van der Waals surface area contributed by atoms with Crippen molar-refractivity contribution in [3.63, 3.8) is 0 Å². The number of rotatable bonds is 15. The highest BCUT2D eigenvalue weighted by molar-refractivity contribution is 6.91. The number of carbonyl (C=O) groups excluding carboxylic acids is 1. The molecule has 0 saturated heterocycles. The molecule has 36 heavy (non-hydrogen) atoms. The number of carbonyl (C=O) groups is 1. The van der Waals surface area contributed by atoms with E-state index in [1.807, 2.05) is 30.3 Å². The quantitative estimate of drug-likeness (QED) is 0.190. The lowest BCUT2D eigenvalue weighted by molar-refractivity contribution is 0.213. The number of para-hydroxylation sites is 1. The predicted molar refractivity (Wildman–Crippen MR) is 157 cm³/mol. The largest absolute Gasteiger partial charge is 0.467 e. The van der Waals surface area contributed by atoms with Gasteiger partial charge in [0.2, 0.25) is 0 Å². The zero-order valence-corrected chi connectivity index (χ0v) is 25.1. The molecule has 0 radical (unpaired) electrons. The Bertz CT molecular complexity index is 912. The van der Waals surface area contributed by atoms with Gasteiger partial charge in [-0.3, -0.25) is 5.32 Å². The van der Waals surface area contributed by atoms with Crippen LogP contribution in [0.25, 0.3) is 0 Å². The molecule has 1 aromatic heterocycles. The topological polar surface area (TPSA) is 51.5 Å². The smallest absolute Gasteiger partial charge is 0.417 e. The van der Waals surface area contributed by atoms with Gasteiger partial charge < -0.3 is 9.15 Å². The number of anilines is 1. The second-order valence-electron chi connectivity index (χ2n) is 11.8. The SMILES string of the molecule is CCCCCCCCCCCCCc1oc([Si](C)(C)C(C)(C)C)c(C)c1OC(=O)Nc1ccccc1. The lowest BCUT2D eigenvalue weighted by atomic mass is 10.0. The molecule has 0 atom stereocenters. The van der Waals surface area contributed by atoms with E-state index in [2.05, 4.69) is 53.0 Å². The highest BCUT2D eigenvalue weighted by atomic mass is 28.3. The summed E-state index contributed by atoms with van der Waals surface area (Å²) < 4.78 is 12.4. The Labute approximate surface area is 221 Å². The van der Waals surface area contributed by atoms with Crippen LogP contribution in [0.4, 0.5) is 10.5 Å². The number of unbranched alkanes of at least 4 members (excludes halogenated alkanes) is 10. The van der Waals surface area contributed by atoms with Crippen molar-refractivity contribution in [3.05, 3.63) is 41.7 Å². The van der Waals surface area contributed by atoms with Gasteiger partial charge in [0.15, 0.2) is 5.75 Å². The van der Waals surface area contributed by atoms with Crippen molar-refractivity contribution in [1.29, 1.82) is 0 Å². The molecular formula is C31H51NO3Si. The minimum Gasteiger partial charge on any atom is -0.467 e. The number of hydrogen-bond acceptors (Lipinski definition) is 3. The fourth-order valence-electron chi connectivity index (χ4n) is 4.50. The molecule has 0 spiro atoms. The van der Waals surface area contributed by atoms with Crippen molar-refractivity contribution in [2.24, 2.45) is 0 Å². The van der Waals surface area contributed by atoms with E-state index in [1.165, 1.54) is 64.2 Å². The highest BCUT2D eigenvalue weighted by Crippen LogP contribution is 2.39. The Balaban J connectivity index is 1.98. The molecule has 1 amide bonds. The third kappa shape index (κ3) is 9.13. The molecule has 4 nitrogen and oxygen atoms in total. The first-order chi connectivity index (χ1) is 17.1. The van der Waals surface area contributed by atoms with Crippen LogP contribution < -0.4 is 15.4 Å². The number of ether oxygens (including phenoxy) is 1. The van der Waals surface area contributed by atoms with E-state index >= 15 is 0 Å². The van der Waals surface area contributed by atoms with Gasteiger partial charge in [-0.05, 0) is 30.5 Å². The summed E-state index contributed by atoms with van der Waals surface area (Å²) in [4.78, 5) is 12.7. The summed E-state index contributed by atoms with van der Waals surface area (Å²) in [5.41, 5.74) is 1.71. The van der Waals surface area contributed by atoms with Gasteiger partial charge in [0.1, 0.15) is 13.8 Å². The van der Waals surface area contributed by atoms with E-state index in [4.69, 9.17) is 9.15 Å². The third-order valence-corrected chi connectivity index (χ3v) is 13.2. The molecule has 2 rings (SSSR count). The van der Waals surface area contributed by atoms with Gasteiger partial charge in [-0.25, -0.2) is 4.79 Å². The van der Waals surface area contributed by atoms with Gasteiger partial charge >= 0.3 is 6.09 Å². The summed E-state index contributed by atoms with van der Waals surface area (Å²) in [6, 6.07) is 9.43. The van der Waals surface area contributed by atoms with E-state index in [1.54, 1.807) is 0 Å². The van der Waals surface area contributed by atoms with Crippen molar-refractivity contribution in [2.75, 3.05) is 5.32 Å². The summed E-state index contributed by atoms with van der Waals surface area (Å²) in [5.74, 6) is 1.45. The monoisotopic (exact) mass is 513 g/mol. The van der Waals surface area contributed by atoms with Crippen LogP contribution in [0.5, 0.6) is 5.75 Å². The summed E-state index contributed by atoms with van der Waals surface area (Å²) in [5, 5.41) is 4.03. The van der Waals surface area contributed by atoms with Crippen molar-refractivity contribution in [1.82, 2.24) is 0 Å². The first kappa shape index (κ1) is 30.2. The molecule has 0 bridgehead atoms. The van der Waals surface area contributed by atoms with Gasteiger partial charge in [0, 0.05) is 17.7 Å². The molecule has 0 aliphatic heterocycles. The molecular weight excluding hydrogens is 462 g/mol. The van der Waals surface area contributed by atoms with Crippen molar-refractivity contribution >= 4 is 25.2 Å². The van der Waals surface area contributed by atoms with Crippen LogP contribution >= 0.6 is 0 Å². The highest BCUT2D eigenvalue weighted by Gasteiger charge is 2.42. The van der Waals surface area contributed by atoms with E-state index in [0.29, 0.717) is 5.75 Å². The number of nitrogens with one attached hydrogen (secondary N) is 1. The third-order valence-electron chi connectivity index (χ3n) is 7.82. The van der Waals surface area contributed by atoms with Gasteiger partial charge in [-0.15, -0.1) is 0 Å². The lowest BCUT2D eigenvalue weighted by Crippen LogP contribution is -2.49. The molecule has 2 aromatic rings. The number of aryl methyl sites for hydroxylation is 1. The molecule has 1 aromatic carbocycles. The minimum absolute atomic E-state index is 0.132. The molecule has 0 fully saturated rings. The Hall–Kier alpha value is -2.01. The normalized spacial score (nSPS) is 12.1. The van der Waals surface area contributed by atoms with Gasteiger partial charge in [0.05, 0.1) is 5.38 Å². The summed E-state index contributed by atoms with van der Waals surface area (Å²) in [7, 11) is -1.92. The van der Waals surface area contributed by atoms with Crippen LogP contribution in [0.15, 0.2) is 34.7 Å². The van der Waals surface area contributed by atoms with Gasteiger partial charge in [-0.2, -0.15) is 0 Å². The standard InChI is InChI=1S/C31H51NO3Si/c1-8-9-10-11-12-13-14-15-16-17-21-24-27-28(35-30(33)32-26-22-19-18-20-23-26)25(2)29(34-27)36(6,7)31(3,4)5/h18-20,22-23H,8-17,21,24H2,1-7H3,(H,32,33). The molecule has 1 N–H and O–H groups in total. The Kier molecular flexibility index (Phi) is 12.3. The maximum atomic E-state index is 12.7. The predicted octanol–water partition coefficient (Wildman–Crippen LogP) is 9.77. The maximum Gasteiger partial charge on any atom is 0.417 e. The van der Waals surface area contributed by atoms with E-state index in [0.717, 1.165) is 35.2 Å². The maximum absolute atomic E-state index is 12.7. The second kappa shape index (κ2) is 14.7. The molecule has 1 heterocycles. The Morgan fingerprint density at radius 2 is 1.42 bits per heavy atom. The lowest BCUT2D eigenvalue weighted by Gasteiger charge is -2.35. The fraction of sp³-hybridized carbons (Fsp3) is 0.645. The van der Waals surface area contributed by atoms with Crippen LogP contribution in [0.3, 0.4) is 0 Å². The Morgan fingerprint density at radius 3 is 1.94 bits per heavy atom. The summed E-state index contributed by atoms with van der Waals surface area (Å²) >= 11 is 0. The molecule has 202 valence electrons. The second-order valence-corrected chi connectivity index (χ2v) is 17.1. The van der Waals surface area contributed by atoms with Crippen LogP contribution in [0, 0.1) is 6.92 Å². The van der Waals surface area contributed by atoms with E-state index in [9.17, 15) is 4.79 Å². The van der Waals surface area contributed by atoms with Crippen LogP contribution in [-0.2, 0) is 6.42 Å². The molecule has 0 aliphatic carbocycles. The zero-order chi connectivity index (χ0) is 26.6. The van der Waals surface area contributed by atoms with Crippen LogP contribution in [0.1, 0.15) is 110 Å². The van der Waals surface area contributed by atoms with Crippen molar-refractivity contribution < 1.29 is 13.9 Å². The van der Waals surface area contributed by atoms with Gasteiger partial charge in [-0.1, -0.05) is 123 Å². The van der Waals surface area contributed by atoms with Crippen LogP contribution in [0.2, 0.25) is 18.1 Å². The summed E-state index contributed by atoms with van der Waals surface area (Å²) in [6.07, 6.45) is 14.7. The number of furan rings is 1. The average molecular weight is 514 g/mol. The minimum atomic E-state index is -1.92. The molecule has 0 unspecified atom stereocenters. The van der Waals surface area contributed by atoms with Gasteiger partial charge in [0.25, 0.3) is 0 Å². The average Bonchev–Trinajstić information content (AvgIpc) is 3.13. The number of benzene rings is 1.